The molecule has 0 unspecified atom stereocenters. The summed E-state index contributed by atoms with van der Waals surface area (Å²) in [7, 11) is 1.94. The molecule has 0 aliphatic rings. The highest BCUT2D eigenvalue weighted by Gasteiger charge is 2.41. The second-order valence-electron chi connectivity index (χ2n) is 6.89. The Morgan fingerprint density at radius 3 is 2.39 bits per heavy atom. The van der Waals surface area contributed by atoms with Crippen LogP contribution >= 0.6 is 0 Å². The molecule has 0 aliphatic carbocycles. The number of benzene rings is 2. The van der Waals surface area contributed by atoms with Crippen LogP contribution in [0.2, 0.25) is 0 Å². The largest absolute Gasteiger partial charge is 0.435 e. The van der Waals surface area contributed by atoms with Gasteiger partial charge in [-0.2, -0.15) is 13.2 Å². The summed E-state index contributed by atoms with van der Waals surface area (Å²) in [5.74, 6) is -1.56. The summed E-state index contributed by atoms with van der Waals surface area (Å²) in [6.45, 7) is 0.927. The number of para-hydroxylation sites is 1. The van der Waals surface area contributed by atoms with Crippen LogP contribution in [0.1, 0.15) is 29.0 Å². The quantitative estimate of drug-likeness (QED) is 0.428. The van der Waals surface area contributed by atoms with Crippen molar-refractivity contribution in [2.45, 2.75) is 19.0 Å². The molecule has 1 N–H and O–H groups in total. The van der Waals surface area contributed by atoms with Gasteiger partial charge in [-0.25, -0.2) is 9.07 Å². The van der Waals surface area contributed by atoms with E-state index in [1.807, 2.05) is 37.4 Å². The molecule has 10 heteroatoms. The van der Waals surface area contributed by atoms with Crippen molar-refractivity contribution in [3.63, 3.8) is 0 Å². The minimum absolute atomic E-state index is 0.0516. The summed E-state index contributed by atoms with van der Waals surface area (Å²) in [6, 6.07) is 14.0. The standard InChI is InChI=1S/C21H21F4N5O/c1-29(16-7-3-2-4-8-16)14-6-5-13-26-20(31)18-19(21(23,24)25)30(28-27-18)17-11-9-15(22)10-12-17/h2-4,7-12H,5-6,13-14H2,1H3,(H,26,31). The number of hydrogen-bond donors (Lipinski definition) is 1. The monoisotopic (exact) mass is 435 g/mol. The van der Waals surface area contributed by atoms with Crippen molar-refractivity contribution in [1.29, 1.82) is 0 Å². The molecule has 0 saturated carbocycles. The molecular weight excluding hydrogens is 414 g/mol. The summed E-state index contributed by atoms with van der Waals surface area (Å²) in [5.41, 5.74) is -1.12. The molecule has 2 aromatic carbocycles. The fraction of sp³-hybridized carbons (Fsp3) is 0.286. The van der Waals surface area contributed by atoms with Crippen molar-refractivity contribution in [3.8, 4) is 5.69 Å². The molecule has 0 spiro atoms. The van der Waals surface area contributed by atoms with E-state index in [2.05, 4.69) is 20.5 Å². The molecule has 0 atom stereocenters. The number of carbonyl (C=O) groups is 1. The number of aromatic nitrogens is 3. The van der Waals surface area contributed by atoms with Gasteiger partial charge in [-0.15, -0.1) is 5.10 Å². The number of nitrogens with one attached hydrogen (secondary N) is 1. The van der Waals surface area contributed by atoms with Crippen molar-refractivity contribution in [1.82, 2.24) is 20.3 Å². The van der Waals surface area contributed by atoms with Gasteiger partial charge in [0.15, 0.2) is 11.4 Å². The molecule has 1 amide bonds. The van der Waals surface area contributed by atoms with E-state index in [0.717, 1.165) is 42.9 Å². The van der Waals surface area contributed by atoms with Crippen molar-refractivity contribution in [2.24, 2.45) is 0 Å². The number of carbonyl (C=O) groups excluding carboxylic acids is 1. The molecule has 0 radical (unpaired) electrons. The zero-order chi connectivity index (χ0) is 22.4. The second kappa shape index (κ2) is 9.59. The van der Waals surface area contributed by atoms with Gasteiger partial charge in [-0.05, 0) is 49.2 Å². The maximum atomic E-state index is 13.6. The predicted molar refractivity (Wildman–Crippen MR) is 108 cm³/mol. The number of anilines is 1. The van der Waals surface area contributed by atoms with Crippen LogP contribution in [0, 0.1) is 5.82 Å². The summed E-state index contributed by atoms with van der Waals surface area (Å²) in [5, 5.41) is 9.35. The number of nitrogens with zero attached hydrogens (tertiary/aromatic N) is 4. The lowest BCUT2D eigenvalue weighted by Gasteiger charge is -2.19. The van der Waals surface area contributed by atoms with Crippen LogP contribution in [-0.2, 0) is 6.18 Å². The zero-order valence-corrected chi connectivity index (χ0v) is 16.7. The topological polar surface area (TPSA) is 63.1 Å². The molecule has 3 rings (SSSR count). The van der Waals surface area contributed by atoms with E-state index in [0.29, 0.717) is 11.1 Å². The molecular formula is C21H21F4N5O. The highest BCUT2D eigenvalue weighted by Crippen LogP contribution is 2.32. The van der Waals surface area contributed by atoms with Crippen molar-refractivity contribution in [2.75, 3.05) is 25.0 Å². The Labute approximate surface area is 176 Å². The third kappa shape index (κ3) is 5.59. The van der Waals surface area contributed by atoms with Crippen LogP contribution in [0.3, 0.4) is 0 Å². The Bertz CT molecular complexity index is 1000. The number of amides is 1. The molecule has 1 heterocycles. The van der Waals surface area contributed by atoms with Gasteiger partial charge in [0, 0.05) is 25.8 Å². The molecule has 0 fully saturated rings. The third-order valence-electron chi connectivity index (χ3n) is 4.63. The summed E-state index contributed by atoms with van der Waals surface area (Å²) < 4.78 is 54.4. The van der Waals surface area contributed by atoms with Crippen molar-refractivity contribution in [3.05, 3.63) is 71.8 Å². The highest BCUT2D eigenvalue weighted by molar-refractivity contribution is 5.93. The SMILES string of the molecule is CN(CCCCNC(=O)c1nnn(-c2ccc(F)cc2)c1C(F)(F)F)c1ccccc1. The Morgan fingerprint density at radius 2 is 1.74 bits per heavy atom. The summed E-state index contributed by atoms with van der Waals surface area (Å²) >= 11 is 0. The van der Waals surface area contributed by atoms with Crippen LogP contribution in [0.5, 0.6) is 0 Å². The van der Waals surface area contributed by atoms with E-state index in [9.17, 15) is 22.4 Å². The van der Waals surface area contributed by atoms with Crippen LogP contribution in [0.4, 0.5) is 23.2 Å². The first-order chi connectivity index (χ1) is 14.8. The van der Waals surface area contributed by atoms with Gasteiger partial charge in [0.25, 0.3) is 5.91 Å². The van der Waals surface area contributed by atoms with Crippen molar-refractivity contribution < 1.29 is 22.4 Å². The lowest BCUT2D eigenvalue weighted by molar-refractivity contribution is -0.143. The number of alkyl halides is 3. The van der Waals surface area contributed by atoms with Gasteiger partial charge in [0.2, 0.25) is 0 Å². The highest BCUT2D eigenvalue weighted by atomic mass is 19.4. The van der Waals surface area contributed by atoms with Crippen LogP contribution in [-0.4, -0.2) is 41.0 Å². The van der Waals surface area contributed by atoms with Gasteiger partial charge < -0.3 is 10.2 Å². The fourth-order valence-corrected chi connectivity index (χ4v) is 3.02. The van der Waals surface area contributed by atoms with E-state index in [1.54, 1.807) is 0 Å². The molecule has 6 nitrogen and oxygen atoms in total. The average molecular weight is 435 g/mol. The minimum atomic E-state index is -4.87. The van der Waals surface area contributed by atoms with Gasteiger partial charge in [0.05, 0.1) is 5.69 Å². The normalized spacial score (nSPS) is 11.4. The molecule has 164 valence electrons. The maximum absolute atomic E-state index is 13.6. The average Bonchev–Trinajstić information content (AvgIpc) is 3.20. The van der Waals surface area contributed by atoms with Gasteiger partial charge in [-0.1, -0.05) is 23.4 Å². The first-order valence-corrected chi connectivity index (χ1v) is 9.60. The van der Waals surface area contributed by atoms with E-state index in [1.165, 1.54) is 0 Å². The van der Waals surface area contributed by atoms with Crippen LogP contribution < -0.4 is 10.2 Å². The third-order valence-corrected chi connectivity index (χ3v) is 4.63. The first kappa shape index (κ1) is 22.3. The van der Waals surface area contributed by atoms with Gasteiger partial charge >= 0.3 is 6.18 Å². The lowest BCUT2D eigenvalue weighted by Crippen LogP contribution is -2.28. The van der Waals surface area contributed by atoms with Crippen LogP contribution in [0.15, 0.2) is 54.6 Å². The second-order valence-corrected chi connectivity index (χ2v) is 6.89. The number of rotatable bonds is 8. The molecule has 3 aromatic rings. The van der Waals surface area contributed by atoms with E-state index >= 15 is 0 Å². The first-order valence-electron chi connectivity index (χ1n) is 9.60. The Hall–Kier alpha value is -3.43. The Morgan fingerprint density at radius 1 is 1.06 bits per heavy atom. The van der Waals surface area contributed by atoms with Crippen molar-refractivity contribution >= 4 is 11.6 Å². The molecule has 0 aliphatic heterocycles. The summed E-state index contributed by atoms with van der Waals surface area (Å²) in [6.07, 6.45) is -3.56. The maximum Gasteiger partial charge on any atom is 0.435 e. The fourth-order valence-electron chi connectivity index (χ4n) is 3.02. The zero-order valence-electron chi connectivity index (χ0n) is 16.7. The van der Waals surface area contributed by atoms with E-state index in [4.69, 9.17) is 0 Å². The molecule has 0 bridgehead atoms. The predicted octanol–water partition coefficient (Wildman–Crippen LogP) is 4.07. The van der Waals surface area contributed by atoms with Gasteiger partial charge in [0.1, 0.15) is 5.82 Å². The van der Waals surface area contributed by atoms with E-state index < -0.39 is 29.3 Å². The van der Waals surface area contributed by atoms with Gasteiger partial charge in [-0.3, -0.25) is 4.79 Å². The molecule has 0 saturated heterocycles. The molecule has 31 heavy (non-hydrogen) atoms. The Balaban J connectivity index is 1.60. The number of unbranched alkanes of at least 4 members (excludes halogenated alkanes) is 1. The van der Waals surface area contributed by atoms with E-state index in [-0.39, 0.29) is 12.2 Å². The number of halogens is 4. The summed E-state index contributed by atoms with van der Waals surface area (Å²) in [4.78, 5) is 14.4. The Kier molecular flexibility index (Phi) is 6.88. The van der Waals surface area contributed by atoms with Crippen LogP contribution in [0.25, 0.3) is 5.69 Å². The smallest absolute Gasteiger partial charge is 0.375 e. The lowest BCUT2D eigenvalue weighted by atomic mass is 10.2. The molecule has 1 aromatic heterocycles. The number of hydrogen-bond acceptors (Lipinski definition) is 4. The minimum Gasteiger partial charge on any atom is -0.375 e.